The number of nitrogens with zero attached hydrogens (tertiary/aromatic N) is 2. The van der Waals surface area contributed by atoms with Crippen LogP contribution in [0, 0.1) is 50.7 Å². The number of amides is 3. The van der Waals surface area contributed by atoms with E-state index in [0.717, 1.165) is 51.4 Å². The second-order valence-corrected chi connectivity index (χ2v) is 22.4. The normalized spacial score (nSPS) is 32.5. The van der Waals surface area contributed by atoms with Crippen molar-refractivity contribution >= 4 is 39.3 Å². The van der Waals surface area contributed by atoms with E-state index in [1.54, 1.807) is 4.90 Å². The van der Waals surface area contributed by atoms with Gasteiger partial charge in [0.05, 0.1) is 29.9 Å². The molecule has 0 radical (unpaired) electrons. The third-order valence-electron chi connectivity index (χ3n) is 16.4. The lowest BCUT2D eigenvalue weighted by Crippen LogP contribution is -2.49. The molecule has 308 valence electrons. The number of morpholine rings is 1. The van der Waals surface area contributed by atoms with E-state index < -0.39 is 49.9 Å². The molecule has 7 rings (SSSR count). The van der Waals surface area contributed by atoms with Crippen LogP contribution in [0.1, 0.15) is 144 Å². The number of hydrogen-bond donors (Lipinski definition) is 1. The third-order valence-corrected chi connectivity index (χ3v) is 18.2. The standard InChI is InChI=1S/C43H67N3O8S/c1-7-29-24-41(29,38(51)44-55(52,53)31-14-15-31)26-35(48)34-25-43(40(5,6)42(43)16-11-17-42)27-46(34)37(50)33(39(2,3)4)23-30(47)22-32(28-12-9-8-10-13-28)36(49)45-18-20-54-21-19-45/h28-29,31-34H,7-27H2,1-6H3,(H,44,51)/t29-,32+,33-,34+,41-,43-/m1/s1. The van der Waals surface area contributed by atoms with Crippen LogP contribution in [0.15, 0.2) is 0 Å². The van der Waals surface area contributed by atoms with Crippen LogP contribution in [0.25, 0.3) is 0 Å². The van der Waals surface area contributed by atoms with E-state index in [1.165, 1.54) is 0 Å². The van der Waals surface area contributed by atoms with Crippen molar-refractivity contribution in [3.63, 3.8) is 0 Å². The molecule has 2 saturated heterocycles. The number of fused-ring (bicyclic) bond motifs is 1. The zero-order valence-electron chi connectivity index (χ0n) is 34.4. The lowest BCUT2D eigenvalue weighted by atomic mass is 9.73. The molecule has 2 heterocycles. The Hall–Kier alpha value is -2.34. The van der Waals surface area contributed by atoms with Gasteiger partial charge in [0.1, 0.15) is 5.78 Å². The Kier molecular flexibility index (Phi) is 10.8. The van der Waals surface area contributed by atoms with Crippen molar-refractivity contribution in [3.8, 4) is 0 Å². The second kappa shape index (κ2) is 14.5. The number of carbonyl (C=O) groups is 5. The van der Waals surface area contributed by atoms with E-state index in [9.17, 15) is 27.6 Å². The Labute approximate surface area is 329 Å². The maximum absolute atomic E-state index is 15.1. The number of hydrogen-bond acceptors (Lipinski definition) is 8. The number of likely N-dealkylation sites (tertiary alicyclic amines) is 1. The summed E-state index contributed by atoms with van der Waals surface area (Å²) >= 11 is 0. The fourth-order valence-electron chi connectivity index (χ4n) is 12.3. The average Bonchev–Trinajstić information content (AvgIpc) is 4.07. The number of sulfonamides is 1. The van der Waals surface area contributed by atoms with Crippen molar-refractivity contribution in [3.05, 3.63) is 0 Å². The number of rotatable bonds is 14. The van der Waals surface area contributed by atoms with Gasteiger partial charge in [0, 0.05) is 56.1 Å². The molecule has 5 saturated carbocycles. The summed E-state index contributed by atoms with van der Waals surface area (Å²) in [6.45, 7) is 14.9. The Morgan fingerprint density at radius 3 is 2.04 bits per heavy atom. The molecule has 2 spiro atoms. The number of carbonyl (C=O) groups excluding carboxylic acids is 5. The minimum atomic E-state index is -3.78. The van der Waals surface area contributed by atoms with Crippen LogP contribution in [0.4, 0.5) is 0 Å². The molecule has 0 unspecified atom stereocenters. The van der Waals surface area contributed by atoms with Crippen LogP contribution in [-0.4, -0.2) is 91.6 Å². The first-order valence-electron chi connectivity index (χ1n) is 21.6. The molecule has 12 heteroatoms. The summed E-state index contributed by atoms with van der Waals surface area (Å²) in [5.74, 6) is -2.06. The molecule has 0 aromatic heterocycles. The van der Waals surface area contributed by atoms with Crippen molar-refractivity contribution in [2.24, 2.45) is 50.7 Å². The maximum atomic E-state index is 15.1. The first-order valence-corrected chi connectivity index (χ1v) is 23.2. The molecule has 0 aromatic carbocycles. The molecule has 7 fully saturated rings. The summed E-state index contributed by atoms with van der Waals surface area (Å²) in [6.07, 6.45) is 11.1. The predicted molar refractivity (Wildman–Crippen MR) is 208 cm³/mol. The highest BCUT2D eigenvalue weighted by Crippen LogP contribution is 2.88. The molecule has 1 N–H and O–H groups in total. The second-order valence-electron chi connectivity index (χ2n) is 20.4. The smallest absolute Gasteiger partial charge is 0.240 e. The van der Waals surface area contributed by atoms with Crippen LogP contribution >= 0.6 is 0 Å². The molecule has 3 amide bonds. The zero-order chi connectivity index (χ0) is 39.8. The molecular formula is C43H67N3O8S. The average molecular weight is 786 g/mol. The van der Waals surface area contributed by atoms with Gasteiger partial charge in [0.2, 0.25) is 27.7 Å². The Morgan fingerprint density at radius 2 is 1.51 bits per heavy atom. The largest absolute Gasteiger partial charge is 0.378 e. The van der Waals surface area contributed by atoms with Crippen LogP contribution < -0.4 is 4.72 Å². The van der Waals surface area contributed by atoms with Crippen LogP contribution in [0.2, 0.25) is 0 Å². The molecule has 5 aliphatic carbocycles. The van der Waals surface area contributed by atoms with E-state index in [4.69, 9.17) is 4.74 Å². The van der Waals surface area contributed by atoms with Crippen molar-refractivity contribution in [1.29, 1.82) is 0 Å². The van der Waals surface area contributed by atoms with Gasteiger partial charge in [0.25, 0.3) is 0 Å². The van der Waals surface area contributed by atoms with Gasteiger partial charge in [-0.25, -0.2) is 8.42 Å². The fraction of sp³-hybridized carbons (Fsp3) is 0.884. The van der Waals surface area contributed by atoms with Crippen molar-refractivity contribution in [2.45, 2.75) is 156 Å². The van der Waals surface area contributed by atoms with Crippen LogP contribution in [-0.2, 0) is 38.7 Å². The highest BCUT2D eigenvalue weighted by Gasteiger charge is 2.85. The van der Waals surface area contributed by atoms with Gasteiger partial charge >= 0.3 is 0 Å². The van der Waals surface area contributed by atoms with Gasteiger partial charge in [-0.3, -0.25) is 28.7 Å². The summed E-state index contributed by atoms with van der Waals surface area (Å²) < 4.78 is 33.5. The summed E-state index contributed by atoms with van der Waals surface area (Å²) in [5.41, 5.74) is -1.92. The van der Waals surface area contributed by atoms with Gasteiger partial charge in [0.15, 0.2) is 5.78 Å². The number of ketones is 2. The topological polar surface area (TPSA) is 147 Å². The van der Waals surface area contributed by atoms with E-state index in [2.05, 4.69) is 18.6 Å². The molecule has 2 aliphatic heterocycles. The van der Waals surface area contributed by atoms with E-state index in [-0.39, 0.29) is 70.7 Å². The molecule has 0 aromatic rings. The molecule has 6 atom stereocenters. The van der Waals surface area contributed by atoms with E-state index in [0.29, 0.717) is 65.0 Å². The number of Topliss-reactive ketones (excluding diaryl/α,β-unsaturated/α-hetero) is 2. The Bertz CT molecular complexity index is 1670. The first-order chi connectivity index (χ1) is 25.8. The molecule has 7 aliphatic rings. The number of ether oxygens (including phenoxy) is 1. The fourth-order valence-corrected chi connectivity index (χ4v) is 13.6. The van der Waals surface area contributed by atoms with Gasteiger partial charge in [-0.1, -0.05) is 73.6 Å². The lowest BCUT2D eigenvalue weighted by Gasteiger charge is -2.37. The van der Waals surface area contributed by atoms with E-state index in [1.807, 2.05) is 32.6 Å². The molecule has 55 heavy (non-hydrogen) atoms. The monoisotopic (exact) mass is 785 g/mol. The van der Waals surface area contributed by atoms with Crippen molar-refractivity contribution < 1.29 is 37.1 Å². The van der Waals surface area contributed by atoms with E-state index >= 15 is 4.79 Å². The first kappa shape index (κ1) is 40.8. The van der Waals surface area contributed by atoms with Gasteiger partial charge in [-0.05, 0) is 79.4 Å². The van der Waals surface area contributed by atoms with Crippen LogP contribution in [0.3, 0.4) is 0 Å². The summed E-state index contributed by atoms with van der Waals surface area (Å²) in [7, 11) is -3.78. The van der Waals surface area contributed by atoms with Gasteiger partial charge in [-0.2, -0.15) is 0 Å². The summed E-state index contributed by atoms with van der Waals surface area (Å²) in [4.78, 5) is 75.5. The highest BCUT2D eigenvalue weighted by molar-refractivity contribution is 7.90. The van der Waals surface area contributed by atoms with Gasteiger partial charge < -0.3 is 14.5 Å². The summed E-state index contributed by atoms with van der Waals surface area (Å²) in [6, 6.07) is -0.743. The maximum Gasteiger partial charge on any atom is 0.240 e. The third kappa shape index (κ3) is 7.03. The Balaban J connectivity index is 1.13. The highest BCUT2D eigenvalue weighted by atomic mass is 32.2. The molecule has 11 nitrogen and oxygen atoms in total. The quantitative estimate of drug-likeness (QED) is 0.231. The lowest BCUT2D eigenvalue weighted by molar-refractivity contribution is -0.147. The van der Waals surface area contributed by atoms with Gasteiger partial charge in [-0.15, -0.1) is 0 Å². The zero-order valence-corrected chi connectivity index (χ0v) is 35.2. The SMILES string of the molecule is CC[C@@H]1C[C@]1(CC(=O)[C@@H]1C[C@@]2(CN1C(=O)[C@@H](CC(=O)C[C@H](C(=O)N1CCOCC1)C1CCCCC1)C(C)(C)C)C(C)(C)C21CCC1)C(=O)NS(=O)(=O)C1CC1. The number of nitrogens with one attached hydrogen (secondary N) is 1. The minimum absolute atomic E-state index is 0.00414. The van der Waals surface area contributed by atoms with Crippen molar-refractivity contribution in [2.75, 3.05) is 32.8 Å². The van der Waals surface area contributed by atoms with Crippen LogP contribution in [0.5, 0.6) is 0 Å². The Morgan fingerprint density at radius 1 is 0.855 bits per heavy atom. The predicted octanol–water partition coefficient (Wildman–Crippen LogP) is 5.83. The minimum Gasteiger partial charge on any atom is -0.378 e. The summed E-state index contributed by atoms with van der Waals surface area (Å²) in [5, 5.41) is -0.547. The molecular weight excluding hydrogens is 719 g/mol. The molecule has 0 bridgehead atoms. The van der Waals surface area contributed by atoms with Crippen molar-refractivity contribution in [1.82, 2.24) is 14.5 Å².